The Balaban J connectivity index is 1.66. The quantitative estimate of drug-likeness (QED) is 0.746. The van der Waals surface area contributed by atoms with E-state index >= 15 is 0 Å². The Bertz CT molecular complexity index is 761. The van der Waals surface area contributed by atoms with E-state index in [4.69, 9.17) is 9.47 Å². The van der Waals surface area contributed by atoms with Crippen molar-refractivity contribution in [2.75, 3.05) is 19.0 Å². The Morgan fingerprint density at radius 2 is 2.08 bits per heavy atom. The molecule has 0 unspecified atom stereocenters. The smallest absolute Gasteiger partial charge is 0.230 e. The number of ether oxygens (including phenoxy) is 2. The summed E-state index contributed by atoms with van der Waals surface area (Å²) in [6.45, 7) is 7.49. The van der Waals surface area contributed by atoms with Gasteiger partial charge in [0.1, 0.15) is 0 Å². The first kappa shape index (κ1) is 19.0. The van der Waals surface area contributed by atoms with Gasteiger partial charge in [0.25, 0.3) is 0 Å². The molecule has 1 atom stereocenters. The van der Waals surface area contributed by atoms with Crippen molar-refractivity contribution in [3.63, 3.8) is 0 Å². The third-order valence-electron chi connectivity index (χ3n) is 4.04. The number of benzene rings is 1. The number of nitrogens with zero attached hydrogens (tertiary/aromatic N) is 1. The minimum absolute atomic E-state index is 0.00802. The van der Waals surface area contributed by atoms with E-state index in [0.717, 1.165) is 33.5 Å². The summed E-state index contributed by atoms with van der Waals surface area (Å²) in [7, 11) is 0. The minimum Gasteiger partial charge on any atom is -0.490 e. The van der Waals surface area contributed by atoms with Gasteiger partial charge in [-0.2, -0.15) is 0 Å². The molecule has 0 aliphatic carbocycles. The maximum Gasteiger partial charge on any atom is 0.230 e. The largest absolute Gasteiger partial charge is 0.490 e. The van der Waals surface area contributed by atoms with Gasteiger partial charge in [-0.05, 0) is 30.5 Å². The molecule has 0 fully saturated rings. The fourth-order valence-corrected chi connectivity index (χ4v) is 4.41. The van der Waals surface area contributed by atoms with Crippen molar-refractivity contribution in [1.82, 2.24) is 10.3 Å². The van der Waals surface area contributed by atoms with Crippen LogP contribution in [-0.2, 0) is 4.79 Å². The van der Waals surface area contributed by atoms with Gasteiger partial charge in [-0.3, -0.25) is 4.79 Å². The van der Waals surface area contributed by atoms with Crippen molar-refractivity contribution in [1.29, 1.82) is 0 Å². The lowest BCUT2D eigenvalue weighted by molar-refractivity contribution is -0.119. The number of hydrogen-bond donors (Lipinski definition) is 1. The second-order valence-corrected chi connectivity index (χ2v) is 8.67. The van der Waals surface area contributed by atoms with E-state index in [0.29, 0.717) is 19.0 Å². The van der Waals surface area contributed by atoms with Crippen LogP contribution in [0.25, 0.3) is 0 Å². The first-order valence-electron chi connectivity index (χ1n) is 8.77. The molecule has 2 heterocycles. The number of nitrogens with one attached hydrogen (secondary N) is 1. The van der Waals surface area contributed by atoms with Crippen molar-refractivity contribution >= 4 is 29.0 Å². The lowest BCUT2D eigenvalue weighted by atomic mass is 9.95. The van der Waals surface area contributed by atoms with Gasteiger partial charge in [0.15, 0.2) is 15.8 Å². The zero-order chi connectivity index (χ0) is 18.5. The molecule has 1 aliphatic rings. The van der Waals surface area contributed by atoms with E-state index in [1.54, 1.807) is 11.3 Å². The Morgan fingerprint density at radius 1 is 1.31 bits per heavy atom. The molecule has 2 aromatic rings. The molecule has 140 valence electrons. The topological polar surface area (TPSA) is 60.5 Å². The zero-order valence-electron chi connectivity index (χ0n) is 15.3. The summed E-state index contributed by atoms with van der Waals surface area (Å²) >= 11 is 3.05. The summed E-state index contributed by atoms with van der Waals surface area (Å²) in [6.07, 6.45) is 0.877. The first-order valence-corrected chi connectivity index (χ1v) is 10.6. The van der Waals surface area contributed by atoms with Gasteiger partial charge >= 0.3 is 0 Å². The summed E-state index contributed by atoms with van der Waals surface area (Å²) in [5, 5.41) is 5.15. The molecule has 0 saturated heterocycles. The van der Waals surface area contributed by atoms with Gasteiger partial charge in [-0.15, -0.1) is 11.3 Å². The fourth-order valence-electron chi connectivity index (χ4n) is 2.75. The van der Waals surface area contributed by atoms with Crippen molar-refractivity contribution in [3.05, 3.63) is 34.8 Å². The van der Waals surface area contributed by atoms with Crippen LogP contribution in [0.4, 0.5) is 0 Å². The van der Waals surface area contributed by atoms with Gasteiger partial charge in [-0.1, -0.05) is 31.7 Å². The standard InChI is InChI=1S/C19H24N2O3S2/c1-12(2)18(21-17(22)11-26-19-20-13(3)10-25-19)14-5-6-15-16(9-14)24-8-4-7-23-15/h5-6,9-10,12,18H,4,7-8,11H2,1-3H3,(H,21,22)/t18-/m0/s1. The monoisotopic (exact) mass is 392 g/mol. The van der Waals surface area contributed by atoms with Crippen LogP contribution in [0, 0.1) is 12.8 Å². The van der Waals surface area contributed by atoms with E-state index in [9.17, 15) is 4.79 Å². The molecule has 0 bridgehead atoms. The molecule has 1 aromatic heterocycles. The second kappa shape index (κ2) is 8.77. The van der Waals surface area contributed by atoms with Gasteiger partial charge < -0.3 is 14.8 Å². The number of rotatable bonds is 6. The summed E-state index contributed by atoms with van der Waals surface area (Å²) in [5.41, 5.74) is 2.03. The Kier molecular flexibility index (Phi) is 6.43. The van der Waals surface area contributed by atoms with Crippen LogP contribution < -0.4 is 14.8 Å². The van der Waals surface area contributed by atoms with Gasteiger partial charge in [0.05, 0.1) is 25.0 Å². The molecule has 26 heavy (non-hydrogen) atoms. The number of carbonyl (C=O) groups excluding carboxylic acids is 1. The molecular weight excluding hydrogens is 368 g/mol. The molecule has 7 heteroatoms. The second-order valence-electron chi connectivity index (χ2n) is 6.59. The third-order valence-corrected chi connectivity index (χ3v) is 6.18. The highest BCUT2D eigenvalue weighted by Gasteiger charge is 2.21. The predicted octanol–water partition coefficient (Wildman–Crippen LogP) is 4.22. The third kappa shape index (κ3) is 4.92. The normalized spacial score (nSPS) is 14.8. The summed E-state index contributed by atoms with van der Waals surface area (Å²) in [6, 6.07) is 5.86. The van der Waals surface area contributed by atoms with Crippen LogP contribution in [0.2, 0.25) is 0 Å². The molecule has 1 amide bonds. The molecule has 0 radical (unpaired) electrons. The van der Waals surface area contributed by atoms with Crippen LogP contribution in [0.3, 0.4) is 0 Å². The van der Waals surface area contributed by atoms with Gasteiger partial charge in [0, 0.05) is 17.5 Å². The number of aryl methyl sites for hydroxylation is 1. The van der Waals surface area contributed by atoms with Crippen LogP contribution in [-0.4, -0.2) is 29.9 Å². The van der Waals surface area contributed by atoms with Crippen LogP contribution >= 0.6 is 23.1 Å². The Hall–Kier alpha value is -1.73. The summed E-state index contributed by atoms with van der Waals surface area (Å²) < 4.78 is 12.4. The minimum atomic E-state index is -0.0710. The highest BCUT2D eigenvalue weighted by molar-refractivity contribution is 8.01. The van der Waals surface area contributed by atoms with Crippen LogP contribution in [0.1, 0.15) is 37.6 Å². The lowest BCUT2D eigenvalue weighted by Crippen LogP contribution is -2.33. The fraction of sp³-hybridized carbons (Fsp3) is 0.474. The highest BCUT2D eigenvalue weighted by atomic mass is 32.2. The van der Waals surface area contributed by atoms with Crippen molar-refractivity contribution in [2.24, 2.45) is 5.92 Å². The average molecular weight is 393 g/mol. The van der Waals surface area contributed by atoms with E-state index < -0.39 is 0 Å². The number of hydrogen-bond acceptors (Lipinski definition) is 6. The van der Waals surface area contributed by atoms with E-state index in [1.165, 1.54) is 11.8 Å². The summed E-state index contributed by atoms with van der Waals surface area (Å²) in [4.78, 5) is 16.8. The number of aromatic nitrogens is 1. The van der Waals surface area contributed by atoms with E-state index in [1.807, 2.05) is 30.5 Å². The Labute approximate surface area is 162 Å². The van der Waals surface area contributed by atoms with Gasteiger partial charge in [0.2, 0.25) is 5.91 Å². The molecule has 1 N–H and O–H groups in total. The molecule has 0 saturated carbocycles. The zero-order valence-corrected chi connectivity index (χ0v) is 16.9. The molecule has 1 aliphatic heterocycles. The SMILES string of the molecule is Cc1csc(SCC(=O)N[C@H](c2ccc3c(c2)OCCCO3)C(C)C)n1. The predicted molar refractivity (Wildman–Crippen MR) is 105 cm³/mol. The number of fused-ring (bicyclic) bond motifs is 1. The maximum atomic E-state index is 12.4. The molecular formula is C19H24N2O3S2. The number of thiazole rings is 1. The van der Waals surface area contributed by atoms with Gasteiger partial charge in [-0.25, -0.2) is 4.98 Å². The lowest BCUT2D eigenvalue weighted by Gasteiger charge is -2.23. The van der Waals surface area contributed by atoms with Crippen molar-refractivity contribution in [3.8, 4) is 11.5 Å². The molecule has 3 rings (SSSR count). The highest BCUT2D eigenvalue weighted by Crippen LogP contribution is 2.34. The van der Waals surface area contributed by atoms with Crippen LogP contribution in [0.15, 0.2) is 27.9 Å². The first-order chi connectivity index (χ1) is 12.5. The number of thioether (sulfide) groups is 1. The molecule has 5 nitrogen and oxygen atoms in total. The maximum absolute atomic E-state index is 12.4. The Morgan fingerprint density at radius 3 is 2.77 bits per heavy atom. The van der Waals surface area contributed by atoms with Crippen LogP contribution in [0.5, 0.6) is 11.5 Å². The molecule has 0 spiro atoms. The van der Waals surface area contributed by atoms with E-state index in [2.05, 4.69) is 24.1 Å². The average Bonchev–Trinajstić information content (AvgIpc) is 2.89. The van der Waals surface area contributed by atoms with E-state index in [-0.39, 0.29) is 17.9 Å². The summed E-state index contributed by atoms with van der Waals surface area (Å²) in [5.74, 6) is 2.16. The number of amides is 1. The van der Waals surface area contributed by atoms with Crippen molar-refractivity contribution < 1.29 is 14.3 Å². The van der Waals surface area contributed by atoms with Crippen molar-refractivity contribution in [2.45, 2.75) is 37.6 Å². The molecule has 1 aromatic carbocycles. The number of carbonyl (C=O) groups is 1.